The SMILES string of the molecule is FC(F)(F)CN(CCBr)CCCN1CCCC1. The third-order valence-electron chi connectivity index (χ3n) is 2.95. The van der Waals surface area contributed by atoms with Crippen LogP contribution in [0, 0.1) is 0 Å². The maximum atomic E-state index is 12.3. The van der Waals surface area contributed by atoms with Gasteiger partial charge in [-0.15, -0.1) is 0 Å². The van der Waals surface area contributed by atoms with E-state index in [-0.39, 0.29) is 0 Å². The summed E-state index contributed by atoms with van der Waals surface area (Å²) in [5, 5.41) is 0.590. The summed E-state index contributed by atoms with van der Waals surface area (Å²) in [6, 6.07) is 0. The normalized spacial score (nSPS) is 18.2. The van der Waals surface area contributed by atoms with E-state index in [2.05, 4.69) is 20.8 Å². The molecule has 1 fully saturated rings. The van der Waals surface area contributed by atoms with E-state index in [1.807, 2.05) is 0 Å². The fourth-order valence-corrected chi connectivity index (χ4v) is 2.67. The molecule has 1 aliphatic heterocycles. The van der Waals surface area contributed by atoms with Gasteiger partial charge in [0.25, 0.3) is 0 Å². The standard InChI is InChI=1S/C11H20BrF3N2/c12-4-9-17(10-11(13,14)15)8-3-7-16-5-1-2-6-16/h1-10H2. The van der Waals surface area contributed by atoms with Crippen LogP contribution in [0.4, 0.5) is 13.2 Å². The first-order valence-corrected chi connectivity index (χ1v) is 7.21. The van der Waals surface area contributed by atoms with Gasteiger partial charge in [0, 0.05) is 11.9 Å². The van der Waals surface area contributed by atoms with E-state index in [1.165, 1.54) is 17.7 Å². The number of likely N-dealkylation sites (tertiary alicyclic amines) is 1. The van der Waals surface area contributed by atoms with Crippen molar-refractivity contribution in [2.45, 2.75) is 25.4 Å². The molecule has 1 heterocycles. The molecule has 17 heavy (non-hydrogen) atoms. The fourth-order valence-electron chi connectivity index (χ4n) is 2.17. The predicted molar refractivity (Wildman–Crippen MR) is 66.6 cm³/mol. The molecule has 0 atom stereocenters. The summed E-state index contributed by atoms with van der Waals surface area (Å²) in [6.07, 6.45) is -0.805. The maximum Gasteiger partial charge on any atom is 0.401 e. The molecule has 0 aromatic carbocycles. The molecule has 0 radical (unpaired) electrons. The average Bonchev–Trinajstić information content (AvgIpc) is 2.68. The molecule has 0 amide bonds. The van der Waals surface area contributed by atoms with Crippen LogP contribution in [0.3, 0.4) is 0 Å². The molecule has 0 unspecified atom stereocenters. The monoisotopic (exact) mass is 316 g/mol. The molecule has 0 saturated carbocycles. The highest BCUT2D eigenvalue weighted by Gasteiger charge is 2.30. The molecule has 0 N–H and O–H groups in total. The van der Waals surface area contributed by atoms with Crippen LogP contribution < -0.4 is 0 Å². The summed E-state index contributed by atoms with van der Waals surface area (Å²) in [7, 11) is 0. The molecule has 0 bridgehead atoms. The van der Waals surface area contributed by atoms with Crippen molar-refractivity contribution in [1.29, 1.82) is 0 Å². The van der Waals surface area contributed by atoms with Crippen molar-refractivity contribution in [2.24, 2.45) is 0 Å². The molecule has 0 spiro atoms. The maximum absolute atomic E-state index is 12.3. The summed E-state index contributed by atoms with van der Waals surface area (Å²) >= 11 is 3.20. The van der Waals surface area contributed by atoms with Crippen molar-refractivity contribution in [3.63, 3.8) is 0 Å². The number of nitrogens with zero attached hydrogens (tertiary/aromatic N) is 2. The van der Waals surface area contributed by atoms with Crippen LogP contribution in [0.15, 0.2) is 0 Å². The van der Waals surface area contributed by atoms with Crippen LogP contribution in [-0.4, -0.2) is 60.6 Å². The molecule has 1 aliphatic rings. The molecule has 0 aromatic rings. The van der Waals surface area contributed by atoms with Crippen molar-refractivity contribution in [3.05, 3.63) is 0 Å². The van der Waals surface area contributed by atoms with Crippen LogP contribution in [0.1, 0.15) is 19.3 Å². The van der Waals surface area contributed by atoms with Gasteiger partial charge in [0.05, 0.1) is 6.54 Å². The van der Waals surface area contributed by atoms with Gasteiger partial charge in [-0.2, -0.15) is 13.2 Å². The predicted octanol–water partition coefficient (Wildman–Crippen LogP) is 2.73. The highest BCUT2D eigenvalue weighted by molar-refractivity contribution is 9.09. The Balaban J connectivity index is 2.18. The van der Waals surface area contributed by atoms with E-state index in [0.717, 1.165) is 26.1 Å². The summed E-state index contributed by atoms with van der Waals surface area (Å²) in [6.45, 7) is 3.34. The van der Waals surface area contributed by atoms with E-state index < -0.39 is 12.7 Å². The van der Waals surface area contributed by atoms with Crippen molar-refractivity contribution < 1.29 is 13.2 Å². The fraction of sp³-hybridized carbons (Fsp3) is 1.00. The zero-order valence-electron chi connectivity index (χ0n) is 9.98. The van der Waals surface area contributed by atoms with Gasteiger partial charge < -0.3 is 4.90 Å². The Kier molecular flexibility index (Phi) is 6.80. The van der Waals surface area contributed by atoms with Gasteiger partial charge in [-0.25, -0.2) is 0 Å². The van der Waals surface area contributed by atoms with Crippen LogP contribution in [0.25, 0.3) is 0 Å². The van der Waals surface area contributed by atoms with Gasteiger partial charge in [-0.3, -0.25) is 4.90 Å². The van der Waals surface area contributed by atoms with Gasteiger partial charge in [0.15, 0.2) is 0 Å². The minimum Gasteiger partial charge on any atom is -0.303 e. The van der Waals surface area contributed by atoms with Crippen molar-refractivity contribution in [1.82, 2.24) is 9.80 Å². The van der Waals surface area contributed by atoms with Gasteiger partial charge in [-0.05, 0) is 45.4 Å². The Labute approximate surface area is 109 Å². The van der Waals surface area contributed by atoms with E-state index in [0.29, 0.717) is 18.4 Å². The van der Waals surface area contributed by atoms with Crippen molar-refractivity contribution >= 4 is 15.9 Å². The Morgan fingerprint density at radius 2 is 1.76 bits per heavy atom. The van der Waals surface area contributed by atoms with E-state index >= 15 is 0 Å². The Hall–Kier alpha value is 0.190. The largest absolute Gasteiger partial charge is 0.401 e. The zero-order chi connectivity index (χ0) is 12.7. The summed E-state index contributed by atoms with van der Waals surface area (Å²) in [5.74, 6) is 0. The van der Waals surface area contributed by atoms with Crippen LogP contribution in [0.2, 0.25) is 0 Å². The second-order valence-electron chi connectivity index (χ2n) is 4.48. The minimum absolute atomic E-state index is 0.458. The minimum atomic E-state index is -4.09. The van der Waals surface area contributed by atoms with E-state index in [1.54, 1.807) is 0 Å². The highest BCUT2D eigenvalue weighted by Crippen LogP contribution is 2.17. The zero-order valence-corrected chi connectivity index (χ0v) is 11.6. The molecule has 0 aromatic heterocycles. The number of hydrogen-bond acceptors (Lipinski definition) is 2. The number of halogens is 4. The molecular weight excluding hydrogens is 297 g/mol. The second-order valence-corrected chi connectivity index (χ2v) is 5.28. The lowest BCUT2D eigenvalue weighted by atomic mass is 10.3. The van der Waals surface area contributed by atoms with Crippen LogP contribution in [0.5, 0.6) is 0 Å². The summed E-state index contributed by atoms with van der Waals surface area (Å²) in [4.78, 5) is 3.81. The highest BCUT2D eigenvalue weighted by atomic mass is 79.9. The van der Waals surface area contributed by atoms with E-state index in [4.69, 9.17) is 0 Å². The number of alkyl halides is 4. The van der Waals surface area contributed by atoms with Gasteiger partial charge >= 0.3 is 6.18 Å². The molecule has 1 rings (SSSR count). The third-order valence-corrected chi connectivity index (χ3v) is 3.31. The lowest BCUT2D eigenvalue weighted by Gasteiger charge is -2.24. The molecule has 102 valence electrons. The summed E-state index contributed by atoms with van der Waals surface area (Å²) < 4.78 is 36.9. The third kappa shape index (κ3) is 7.26. The molecule has 1 saturated heterocycles. The molecule has 0 aliphatic carbocycles. The summed E-state index contributed by atoms with van der Waals surface area (Å²) in [5.41, 5.74) is 0. The molecule has 6 heteroatoms. The quantitative estimate of drug-likeness (QED) is 0.666. The van der Waals surface area contributed by atoms with Gasteiger partial charge in [-0.1, -0.05) is 15.9 Å². The molecular formula is C11H20BrF3N2. The lowest BCUT2D eigenvalue weighted by Crippen LogP contribution is -2.37. The van der Waals surface area contributed by atoms with Gasteiger partial charge in [0.1, 0.15) is 0 Å². The van der Waals surface area contributed by atoms with Crippen LogP contribution in [-0.2, 0) is 0 Å². The van der Waals surface area contributed by atoms with Crippen molar-refractivity contribution in [2.75, 3.05) is 44.6 Å². The second kappa shape index (κ2) is 7.59. The Morgan fingerprint density at radius 1 is 1.12 bits per heavy atom. The first-order chi connectivity index (χ1) is 8.01. The Bertz CT molecular complexity index is 205. The van der Waals surface area contributed by atoms with Gasteiger partial charge in [0.2, 0.25) is 0 Å². The first-order valence-electron chi connectivity index (χ1n) is 6.09. The number of hydrogen-bond donors (Lipinski definition) is 0. The molecule has 2 nitrogen and oxygen atoms in total. The number of rotatable bonds is 7. The van der Waals surface area contributed by atoms with Crippen LogP contribution >= 0.6 is 15.9 Å². The Morgan fingerprint density at radius 3 is 2.29 bits per heavy atom. The van der Waals surface area contributed by atoms with E-state index in [9.17, 15) is 13.2 Å². The smallest absolute Gasteiger partial charge is 0.303 e. The first kappa shape index (κ1) is 15.2. The topological polar surface area (TPSA) is 6.48 Å². The lowest BCUT2D eigenvalue weighted by molar-refractivity contribution is -0.145. The average molecular weight is 317 g/mol. The van der Waals surface area contributed by atoms with Crippen molar-refractivity contribution in [3.8, 4) is 0 Å².